The van der Waals surface area contributed by atoms with Crippen LogP contribution in [-0.4, -0.2) is 50.2 Å². The first-order valence-electron chi connectivity index (χ1n) is 5.50. The number of nitrogens with one attached hydrogen (secondary N) is 2. The van der Waals surface area contributed by atoms with Crippen LogP contribution < -0.4 is 10.6 Å². The second-order valence-electron chi connectivity index (χ2n) is 3.84. The predicted molar refractivity (Wildman–Crippen MR) is 57.1 cm³/mol. The Labute approximate surface area is 81.9 Å². The van der Waals surface area contributed by atoms with E-state index in [1.165, 1.54) is 19.5 Å². The van der Waals surface area contributed by atoms with Gasteiger partial charge in [0.25, 0.3) is 0 Å². The van der Waals surface area contributed by atoms with Crippen LogP contribution in [0.25, 0.3) is 0 Å². The maximum absolute atomic E-state index is 3.47. The molecule has 0 bridgehead atoms. The molecule has 0 aromatic carbocycles. The molecule has 1 heterocycles. The lowest BCUT2D eigenvalue weighted by molar-refractivity contribution is 0.181. The van der Waals surface area contributed by atoms with Gasteiger partial charge in [-0.15, -0.1) is 0 Å². The van der Waals surface area contributed by atoms with Gasteiger partial charge in [0, 0.05) is 38.8 Å². The molecule has 3 nitrogen and oxygen atoms in total. The molecule has 0 aromatic heterocycles. The van der Waals surface area contributed by atoms with Gasteiger partial charge < -0.3 is 10.6 Å². The predicted octanol–water partition coefficient (Wildman–Crippen LogP) is 0.280. The van der Waals surface area contributed by atoms with Crippen LogP contribution >= 0.6 is 0 Å². The molecule has 0 aromatic rings. The monoisotopic (exact) mass is 185 g/mol. The molecule has 2 N–H and O–H groups in total. The summed E-state index contributed by atoms with van der Waals surface area (Å²) in [7, 11) is 0. The van der Waals surface area contributed by atoms with Crippen molar-refractivity contribution in [3.63, 3.8) is 0 Å². The Hall–Kier alpha value is -0.120. The van der Waals surface area contributed by atoms with Crippen LogP contribution in [0.3, 0.4) is 0 Å². The summed E-state index contributed by atoms with van der Waals surface area (Å²) in [6.07, 6.45) is 1.23. The average molecular weight is 185 g/mol. The van der Waals surface area contributed by atoms with Gasteiger partial charge in [0.2, 0.25) is 0 Å². The minimum absolute atomic E-state index is 0.689. The van der Waals surface area contributed by atoms with Crippen LogP contribution in [-0.2, 0) is 0 Å². The van der Waals surface area contributed by atoms with Crippen molar-refractivity contribution < 1.29 is 0 Å². The van der Waals surface area contributed by atoms with Crippen LogP contribution in [0.15, 0.2) is 0 Å². The quantitative estimate of drug-likeness (QED) is 0.603. The van der Waals surface area contributed by atoms with E-state index in [2.05, 4.69) is 29.4 Å². The van der Waals surface area contributed by atoms with Gasteiger partial charge in [-0.1, -0.05) is 6.92 Å². The molecule has 1 aliphatic rings. The Morgan fingerprint density at radius 3 is 2.69 bits per heavy atom. The standard InChI is InChI=1S/C10H23N3/c1-3-4-12-9-10(2)13-7-5-11-6-8-13/h10-12H,3-9H2,1-2H3. The van der Waals surface area contributed by atoms with E-state index in [1.807, 2.05) is 0 Å². The molecule has 1 atom stereocenters. The van der Waals surface area contributed by atoms with Gasteiger partial charge in [0.15, 0.2) is 0 Å². The third kappa shape index (κ3) is 4.07. The smallest absolute Gasteiger partial charge is 0.0193 e. The molecule has 0 radical (unpaired) electrons. The first kappa shape index (κ1) is 11.0. The Bertz CT molecular complexity index is 121. The van der Waals surface area contributed by atoms with Gasteiger partial charge in [-0.3, -0.25) is 4.90 Å². The van der Waals surface area contributed by atoms with E-state index in [0.717, 1.165) is 26.2 Å². The molecular formula is C10H23N3. The van der Waals surface area contributed by atoms with E-state index in [4.69, 9.17) is 0 Å². The number of hydrogen-bond donors (Lipinski definition) is 2. The molecule has 1 fully saturated rings. The average Bonchev–Trinajstić information content (AvgIpc) is 2.19. The molecule has 1 rings (SSSR count). The Balaban J connectivity index is 2.09. The molecule has 3 heteroatoms. The topological polar surface area (TPSA) is 27.3 Å². The van der Waals surface area contributed by atoms with E-state index in [9.17, 15) is 0 Å². The molecule has 0 aliphatic carbocycles. The molecule has 1 unspecified atom stereocenters. The van der Waals surface area contributed by atoms with Crippen molar-refractivity contribution in [2.24, 2.45) is 0 Å². The maximum Gasteiger partial charge on any atom is 0.0193 e. The van der Waals surface area contributed by atoms with Crippen molar-refractivity contribution in [3.8, 4) is 0 Å². The fraction of sp³-hybridized carbons (Fsp3) is 1.00. The molecule has 78 valence electrons. The van der Waals surface area contributed by atoms with Crippen molar-refractivity contribution in [2.45, 2.75) is 26.3 Å². The van der Waals surface area contributed by atoms with Gasteiger partial charge in [-0.25, -0.2) is 0 Å². The second-order valence-corrected chi connectivity index (χ2v) is 3.84. The molecule has 0 spiro atoms. The zero-order valence-corrected chi connectivity index (χ0v) is 8.97. The summed E-state index contributed by atoms with van der Waals surface area (Å²) in [6.45, 7) is 11.5. The van der Waals surface area contributed by atoms with Gasteiger partial charge in [0.05, 0.1) is 0 Å². The summed E-state index contributed by atoms with van der Waals surface area (Å²) >= 11 is 0. The third-order valence-corrected chi connectivity index (χ3v) is 2.64. The highest BCUT2D eigenvalue weighted by molar-refractivity contribution is 4.74. The summed E-state index contributed by atoms with van der Waals surface area (Å²) in [5.41, 5.74) is 0. The zero-order chi connectivity index (χ0) is 9.52. The lowest BCUT2D eigenvalue weighted by atomic mass is 10.2. The summed E-state index contributed by atoms with van der Waals surface area (Å²) < 4.78 is 0. The molecule has 0 saturated carbocycles. The van der Waals surface area contributed by atoms with E-state index in [1.54, 1.807) is 0 Å². The van der Waals surface area contributed by atoms with Crippen molar-refractivity contribution in [2.75, 3.05) is 39.3 Å². The minimum atomic E-state index is 0.689. The first-order chi connectivity index (χ1) is 6.34. The summed E-state index contributed by atoms with van der Waals surface area (Å²) in [5, 5.41) is 6.84. The summed E-state index contributed by atoms with van der Waals surface area (Å²) in [6, 6.07) is 0.689. The third-order valence-electron chi connectivity index (χ3n) is 2.64. The lowest BCUT2D eigenvalue weighted by Gasteiger charge is -2.32. The highest BCUT2D eigenvalue weighted by Gasteiger charge is 2.15. The van der Waals surface area contributed by atoms with Gasteiger partial charge in [0.1, 0.15) is 0 Å². The van der Waals surface area contributed by atoms with E-state index in [0.29, 0.717) is 6.04 Å². The van der Waals surface area contributed by atoms with Crippen molar-refractivity contribution in [3.05, 3.63) is 0 Å². The largest absolute Gasteiger partial charge is 0.315 e. The van der Waals surface area contributed by atoms with Crippen LogP contribution in [0.5, 0.6) is 0 Å². The van der Waals surface area contributed by atoms with E-state index < -0.39 is 0 Å². The Morgan fingerprint density at radius 1 is 1.38 bits per heavy atom. The first-order valence-corrected chi connectivity index (χ1v) is 5.50. The van der Waals surface area contributed by atoms with Crippen LogP contribution in [0.2, 0.25) is 0 Å². The van der Waals surface area contributed by atoms with Crippen molar-refractivity contribution >= 4 is 0 Å². The highest BCUT2D eigenvalue weighted by Crippen LogP contribution is 1.99. The van der Waals surface area contributed by atoms with Gasteiger partial charge in [-0.2, -0.15) is 0 Å². The van der Waals surface area contributed by atoms with Crippen molar-refractivity contribution in [1.82, 2.24) is 15.5 Å². The number of piperazine rings is 1. The maximum atomic E-state index is 3.47. The second kappa shape index (κ2) is 6.35. The van der Waals surface area contributed by atoms with Gasteiger partial charge >= 0.3 is 0 Å². The number of rotatable bonds is 5. The van der Waals surface area contributed by atoms with Crippen LogP contribution in [0.1, 0.15) is 20.3 Å². The minimum Gasteiger partial charge on any atom is -0.315 e. The molecule has 13 heavy (non-hydrogen) atoms. The fourth-order valence-corrected chi connectivity index (χ4v) is 1.74. The molecule has 0 amide bonds. The molecule has 1 saturated heterocycles. The summed E-state index contributed by atoms with van der Waals surface area (Å²) in [4.78, 5) is 2.55. The van der Waals surface area contributed by atoms with E-state index >= 15 is 0 Å². The lowest BCUT2D eigenvalue weighted by Crippen LogP contribution is -2.50. The number of nitrogens with zero attached hydrogens (tertiary/aromatic N) is 1. The number of hydrogen-bond acceptors (Lipinski definition) is 3. The Morgan fingerprint density at radius 2 is 2.08 bits per heavy atom. The zero-order valence-electron chi connectivity index (χ0n) is 8.97. The molecule has 1 aliphatic heterocycles. The normalized spacial score (nSPS) is 21.7. The Kier molecular flexibility index (Phi) is 5.35. The summed E-state index contributed by atoms with van der Waals surface area (Å²) in [5.74, 6) is 0. The van der Waals surface area contributed by atoms with E-state index in [-0.39, 0.29) is 0 Å². The SMILES string of the molecule is CCCNCC(C)N1CCNCC1. The van der Waals surface area contributed by atoms with Crippen molar-refractivity contribution in [1.29, 1.82) is 0 Å². The molecular weight excluding hydrogens is 162 g/mol. The van der Waals surface area contributed by atoms with Crippen LogP contribution in [0, 0.1) is 0 Å². The highest BCUT2D eigenvalue weighted by atomic mass is 15.2. The van der Waals surface area contributed by atoms with Gasteiger partial charge in [-0.05, 0) is 19.9 Å². The fourth-order valence-electron chi connectivity index (χ4n) is 1.74. The van der Waals surface area contributed by atoms with Crippen LogP contribution in [0.4, 0.5) is 0 Å².